The van der Waals surface area contributed by atoms with E-state index in [2.05, 4.69) is 23.7 Å². The third-order valence-electron chi connectivity index (χ3n) is 3.43. The van der Waals surface area contributed by atoms with Crippen LogP contribution in [0.15, 0.2) is 29.6 Å². The highest BCUT2D eigenvalue weighted by atomic mass is 32.1. The van der Waals surface area contributed by atoms with Crippen LogP contribution in [0.3, 0.4) is 0 Å². The van der Waals surface area contributed by atoms with E-state index >= 15 is 0 Å². The molecule has 4 nitrogen and oxygen atoms in total. The Morgan fingerprint density at radius 1 is 1.25 bits per heavy atom. The van der Waals surface area contributed by atoms with Crippen LogP contribution >= 0.6 is 11.3 Å². The van der Waals surface area contributed by atoms with E-state index in [0.29, 0.717) is 6.54 Å². The largest absolute Gasteiger partial charge is 0.308 e. The van der Waals surface area contributed by atoms with Crippen molar-refractivity contribution in [2.75, 3.05) is 0 Å². The van der Waals surface area contributed by atoms with Crippen LogP contribution in [0.2, 0.25) is 0 Å². The van der Waals surface area contributed by atoms with E-state index in [1.165, 1.54) is 10.4 Å². The zero-order valence-corrected chi connectivity index (χ0v) is 12.5. The average molecular weight is 290 g/mol. The van der Waals surface area contributed by atoms with Gasteiger partial charge in [0.25, 0.3) is 5.69 Å². The Kier molecular flexibility index (Phi) is 4.87. The first-order valence-corrected chi connectivity index (χ1v) is 7.50. The Bertz CT molecular complexity index is 608. The number of hydrogen-bond acceptors (Lipinski definition) is 4. The number of hydrogen-bond donors (Lipinski definition) is 1. The molecule has 20 heavy (non-hydrogen) atoms. The molecule has 0 saturated carbocycles. The van der Waals surface area contributed by atoms with Gasteiger partial charge in [-0.15, -0.1) is 11.3 Å². The summed E-state index contributed by atoms with van der Waals surface area (Å²) in [7, 11) is 0. The van der Waals surface area contributed by atoms with Crippen molar-refractivity contribution in [3.63, 3.8) is 0 Å². The standard InChI is InChI=1S/C15H18N2O2S/c1-3-12-7-8-20-15(12)10-16-9-13-5-4-6-14(11(13)2)17(18)19/h4-8,16H,3,9-10H2,1-2H3. The van der Waals surface area contributed by atoms with Crippen LogP contribution in [0.5, 0.6) is 0 Å². The SMILES string of the molecule is CCc1ccsc1CNCc1cccc([N+](=O)[O-])c1C. The molecule has 5 heteroatoms. The van der Waals surface area contributed by atoms with Gasteiger partial charge in [-0.2, -0.15) is 0 Å². The summed E-state index contributed by atoms with van der Waals surface area (Å²) in [6.07, 6.45) is 1.04. The first-order valence-electron chi connectivity index (χ1n) is 6.62. The topological polar surface area (TPSA) is 55.2 Å². The summed E-state index contributed by atoms with van der Waals surface area (Å²) in [5.74, 6) is 0. The fourth-order valence-corrected chi connectivity index (χ4v) is 3.15. The van der Waals surface area contributed by atoms with Crippen molar-refractivity contribution in [2.45, 2.75) is 33.4 Å². The van der Waals surface area contributed by atoms with Crippen molar-refractivity contribution < 1.29 is 4.92 Å². The quantitative estimate of drug-likeness (QED) is 0.650. The van der Waals surface area contributed by atoms with Crippen LogP contribution in [-0.4, -0.2) is 4.92 Å². The molecule has 0 spiro atoms. The van der Waals surface area contributed by atoms with Crippen molar-refractivity contribution in [2.24, 2.45) is 0 Å². The smallest absolute Gasteiger partial charge is 0.272 e. The van der Waals surface area contributed by atoms with E-state index in [0.717, 1.165) is 24.1 Å². The molecule has 0 unspecified atom stereocenters. The molecule has 0 atom stereocenters. The summed E-state index contributed by atoms with van der Waals surface area (Å²) >= 11 is 1.75. The van der Waals surface area contributed by atoms with Crippen LogP contribution in [0, 0.1) is 17.0 Å². The van der Waals surface area contributed by atoms with E-state index in [-0.39, 0.29) is 10.6 Å². The Balaban J connectivity index is 2.01. The van der Waals surface area contributed by atoms with Gasteiger partial charge in [-0.3, -0.25) is 10.1 Å². The molecular weight excluding hydrogens is 272 g/mol. The van der Waals surface area contributed by atoms with Gasteiger partial charge in [0.2, 0.25) is 0 Å². The summed E-state index contributed by atoms with van der Waals surface area (Å²) < 4.78 is 0. The van der Waals surface area contributed by atoms with Crippen molar-refractivity contribution >= 4 is 17.0 Å². The molecule has 0 saturated heterocycles. The number of aryl methyl sites for hydroxylation is 1. The number of nitro benzene ring substituents is 1. The maximum absolute atomic E-state index is 10.9. The van der Waals surface area contributed by atoms with Gasteiger partial charge in [0.1, 0.15) is 0 Å². The third-order valence-corrected chi connectivity index (χ3v) is 4.40. The Labute approximate surface area is 122 Å². The Morgan fingerprint density at radius 3 is 2.75 bits per heavy atom. The van der Waals surface area contributed by atoms with Crippen LogP contribution in [-0.2, 0) is 19.5 Å². The van der Waals surface area contributed by atoms with Crippen molar-refractivity contribution in [1.82, 2.24) is 5.32 Å². The van der Waals surface area contributed by atoms with E-state index in [9.17, 15) is 10.1 Å². The molecule has 2 rings (SSSR count). The number of nitro groups is 1. The highest BCUT2D eigenvalue weighted by Gasteiger charge is 2.12. The van der Waals surface area contributed by atoms with Gasteiger partial charge in [0.05, 0.1) is 4.92 Å². The van der Waals surface area contributed by atoms with Gasteiger partial charge in [-0.1, -0.05) is 19.1 Å². The fourth-order valence-electron chi connectivity index (χ4n) is 2.21. The van der Waals surface area contributed by atoms with Crippen molar-refractivity contribution in [3.05, 3.63) is 61.3 Å². The second-order valence-corrected chi connectivity index (χ2v) is 5.65. The maximum atomic E-state index is 10.9. The van der Waals surface area contributed by atoms with Crippen LogP contribution in [0.1, 0.15) is 28.5 Å². The molecule has 106 valence electrons. The Morgan fingerprint density at radius 2 is 2.05 bits per heavy atom. The first-order chi connectivity index (χ1) is 9.63. The normalized spacial score (nSPS) is 10.7. The molecule has 2 aromatic rings. The van der Waals surface area contributed by atoms with Gasteiger partial charge in [0.15, 0.2) is 0 Å². The molecule has 1 N–H and O–H groups in total. The zero-order valence-electron chi connectivity index (χ0n) is 11.7. The maximum Gasteiger partial charge on any atom is 0.272 e. The van der Waals surface area contributed by atoms with E-state index < -0.39 is 0 Å². The third kappa shape index (κ3) is 3.23. The first kappa shape index (κ1) is 14.7. The van der Waals surface area contributed by atoms with Crippen LogP contribution in [0.25, 0.3) is 0 Å². The minimum absolute atomic E-state index is 0.190. The predicted molar refractivity (Wildman–Crippen MR) is 82.1 cm³/mol. The number of benzene rings is 1. The highest BCUT2D eigenvalue weighted by Crippen LogP contribution is 2.21. The molecule has 1 aromatic heterocycles. The molecule has 0 aliphatic rings. The summed E-state index contributed by atoms with van der Waals surface area (Å²) in [6.45, 7) is 5.41. The Hall–Kier alpha value is -1.72. The van der Waals surface area contributed by atoms with E-state index in [4.69, 9.17) is 0 Å². The molecule has 0 aliphatic heterocycles. The lowest BCUT2D eigenvalue weighted by molar-refractivity contribution is -0.385. The van der Waals surface area contributed by atoms with Crippen LogP contribution < -0.4 is 5.32 Å². The molecule has 1 aromatic carbocycles. The molecule has 0 aliphatic carbocycles. The molecular formula is C15H18N2O2S. The summed E-state index contributed by atoms with van der Waals surface area (Å²) in [5, 5.41) is 16.4. The number of rotatable bonds is 6. The lowest BCUT2D eigenvalue weighted by Gasteiger charge is -2.08. The predicted octanol–water partition coefficient (Wildman–Crippen LogP) is 3.82. The van der Waals surface area contributed by atoms with Crippen molar-refractivity contribution in [1.29, 1.82) is 0 Å². The van der Waals surface area contributed by atoms with Gasteiger partial charge < -0.3 is 5.32 Å². The van der Waals surface area contributed by atoms with Crippen molar-refractivity contribution in [3.8, 4) is 0 Å². The minimum Gasteiger partial charge on any atom is -0.308 e. The lowest BCUT2D eigenvalue weighted by Crippen LogP contribution is -2.14. The second-order valence-electron chi connectivity index (χ2n) is 4.64. The highest BCUT2D eigenvalue weighted by molar-refractivity contribution is 7.10. The van der Waals surface area contributed by atoms with Gasteiger partial charge >= 0.3 is 0 Å². The van der Waals surface area contributed by atoms with Gasteiger partial charge in [0, 0.05) is 29.6 Å². The molecule has 0 radical (unpaired) electrons. The zero-order chi connectivity index (χ0) is 14.5. The fraction of sp³-hybridized carbons (Fsp3) is 0.333. The molecule has 0 amide bonds. The van der Waals surface area contributed by atoms with Gasteiger partial charge in [-0.25, -0.2) is 0 Å². The number of nitrogens with one attached hydrogen (secondary N) is 1. The molecule has 1 heterocycles. The second kappa shape index (κ2) is 6.63. The summed E-state index contributed by atoms with van der Waals surface area (Å²) in [6, 6.07) is 7.38. The summed E-state index contributed by atoms with van der Waals surface area (Å²) in [5.41, 5.74) is 3.29. The lowest BCUT2D eigenvalue weighted by atomic mass is 10.1. The average Bonchev–Trinajstić information content (AvgIpc) is 2.88. The monoisotopic (exact) mass is 290 g/mol. The number of nitrogens with zero attached hydrogens (tertiary/aromatic N) is 1. The molecule has 0 fully saturated rings. The molecule has 0 bridgehead atoms. The van der Waals surface area contributed by atoms with Crippen LogP contribution in [0.4, 0.5) is 5.69 Å². The van der Waals surface area contributed by atoms with Gasteiger partial charge in [-0.05, 0) is 35.9 Å². The van der Waals surface area contributed by atoms with E-state index in [1.54, 1.807) is 30.4 Å². The number of thiophene rings is 1. The van der Waals surface area contributed by atoms with E-state index in [1.807, 2.05) is 6.07 Å². The summed E-state index contributed by atoms with van der Waals surface area (Å²) in [4.78, 5) is 11.9. The minimum atomic E-state index is -0.326.